The Morgan fingerprint density at radius 2 is 2.10 bits per heavy atom. The minimum absolute atomic E-state index is 0.0271. The van der Waals surface area contributed by atoms with Gasteiger partial charge in [-0.3, -0.25) is 4.79 Å². The van der Waals surface area contributed by atoms with Crippen LogP contribution in [0.3, 0.4) is 0 Å². The molecule has 1 aliphatic rings. The lowest BCUT2D eigenvalue weighted by molar-refractivity contribution is -0.115. The van der Waals surface area contributed by atoms with Crippen LogP contribution in [0.25, 0.3) is 0 Å². The van der Waals surface area contributed by atoms with E-state index >= 15 is 0 Å². The van der Waals surface area contributed by atoms with Crippen molar-refractivity contribution in [3.8, 4) is 5.75 Å². The normalized spacial score (nSPS) is 14.5. The van der Waals surface area contributed by atoms with Gasteiger partial charge in [-0.05, 0) is 29.3 Å². The predicted molar refractivity (Wildman–Crippen MR) is 80.8 cm³/mol. The van der Waals surface area contributed by atoms with Crippen LogP contribution in [0.4, 0.5) is 5.69 Å². The fraction of sp³-hybridized carbons (Fsp3) is 0.188. The third-order valence-electron chi connectivity index (χ3n) is 3.56. The Morgan fingerprint density at radius 1 is 1.29 bits per heavy atom. The lowest BCUT2D eigenvalue weighted by Gasteiger charge is -2.16. The standard InChI is InChI=1S/C16H14ClNO3/c1-21-14-8-11(17)3-4-12(14)16(20)9-2-5-13-10(6-9)7-15(19)18-13/h2-6,8,16,20H,7H2,1H3,(H,18,19). The monoisotopic (exact) mass is 303 g/mol. The Morgan fingerprint density at radius 3 is 2.86 bits per heavy atom. The third kappa shape index (κ3) is 2.60. The molecule has 2 aromatic carbocycles. The number of methoxy groups -OCH3 is 1. The van der Waals surface area contributed by atoms with Gasteiger partial charge >= 0.3 is 0 Å². The number of halogens is 1. The summed E-state index contributed by atoms with van der Waals surface area (Å²) in [4.78, 5) is 11.4. The summed E-state index contributed by atoms with van der Waals surface area (Å²) in [6.07, 6.45) is -0.494. The second-order valence-electron chi connectivity index (χ2n) is 4.93. The molecular formula is C16H14ClNO3. The summed E-state index contributed by atoms with van der Waals surface area (Å²) in [5, 5.41) is 13.9. The molecule has 2 N–H and O–H groups in total. The van der Waals surface area contributed by atoms with Gasteiger partial charge < -0.3 is 15.2 Å². The summed E-state index contributed by atoms with van der Waals surface area (Å²) in [7, 11) is 1.53. The number of ether oxygens (including phenoxy) is 1. The first-order chi connectivity index (χ1) is 10.1. The van der Waals surface area contributed by atoms with Crippen molar-refractivity contribution in [3.63, 3.8) is 0 Å². The van der Waals surface area contributed by atoms with Gasteiger partial charge in [0, 0.05) is 16.3 Å². The van der Waals surface area contributed by atoms with E-state index in [1.807, 2.05) is 6.07 Å². The highest BCUT2D eigenvalue weighted by Crippen LogP contribution is 2.34. The molecular weight excluding hydrogens is 290 g/mol. The van der Waals surface area contributed by atoms with Crippen LogP contribution in [0.15, 0.2) is 36.4 Å². The Bertz CT molecular complexity index is 715. The second kappa shape index (κ2) is 5.39. The van der Waals surface area contributed by atoms with E-state index in [4.69, 9.17) is 16.3 Å². The number of hydrogen-bond donors (Lipinski definition) is 2. The van der Waals surface area contributed by atoms with Crippen molar-refractivity contribution in [2.24, 2.45) is 0 Å². The Hall–Kier alpha value is -2.04. The summed E-state index contributed by atoms with van der Waals surface area (Å²) in [6, 6.07) is 10.6. The molecule has 0 saturated heterocycles. The van der Waals surface area contributed by atoms with Gasteiger partial charge in [-0.15, -0.1) is 0 Å². The van der Waals surface area contributed by atoms with E-state index in [0.29, 0.717) is 28.3 Å². The minimum atomic E-state index is -0.835. The summed E-state index contributed by atoms with van der Waals surface area (Å²) in [5.41, 5.74) is 3.05. The van der Waals surface area contributed by atoms with Crippen molar-refractivity contribution in [1.82, 2.24) is 0 Å². The van der Waals surface area contributed by atoms with Crippen molar-refractivity contribution in [1.29, 1.82) is 0 Å². The first kappa shape index (κ1) is 13.9. The smallest absolute Gasteiger partial charge is 0.228 e. The van der Waals surface area contributed by atoms with E-state index in [2.05, 4.69) is 5.32 Å². The molecule has 2 aromatic rings. The maximum atomic E-state index is 11.4. The van der Waals surface area contributed by atoms with E-state index in [9.17, 15) is 9.90 Å². The van der Waals surface area contributed by atoms with Crippen LogP contribution in [0.2, 0.25) is 5.02 Å². The molecule has 0 bridgehead atoms. The largest absolute Gasteiger partial charge is 0.496 e. The van der Waals surface area contributed by atoms with Crippen molar-refractivity contribution in [3.05, 3.63) is 58.1 Å². The fourth-order valence-corrected chi connectivity index (χ4v) is 2.67. The summed E-state index contributed by atoms with van der Waals surface area (Å²) >= 11 is 5.93. The number of hydrogen-bond acceptors (Lipinski definition) is 3. The number of carbonyl (C=O) groups excluding carboxylic acids is 1. The molecule has 3 rings (SSSR count). The van der Waals surface area contributed by atoms with Crippen molar-refractivity contribution < 1.29 is 14.6 Å². The molecule has 1 unspecified atom stereocenters. The SMILES string of the molecule is COc1cc(Cl)ccc1C(O)c1ccc2c(c1)CC(=O)N2. The number of benzene rings is 2. The van der Waals surface area contributed by atoms with Crippen LogP contribution in [0, 0.1) is 0 Å². The zero-order valence-electron chi connectivity index (χ0n) is 11.4. The highest BCUT2D eigenvalue weighted by Gasteiger charge is 2.21. The number of fused-ring (bicyclic) bond motifs is 1. The van der Waals surface area contributed by atoms with Gasteiger partial charge in [0.15, 0.2) is 0 Å². The lowest BCUT2D eigenvalue weighted by Crippen LogP contribution is -2.03. The van der Waals surface area contributed by atoms with Crippen LogP contribution >= 0.6 is 11.6 Å². The van der Waals surface area contributed by atoms with Gasteiger partial charge in [0.2, 0.25) is 5.91 Å². The van der Waals surface area contributed by atoms with E-state index in [1.165, 1.54) is 7.11 Å². The third-order valence-corrected chi connectivity index (χ3v) is 3.80. The molecule has 1 heterocycles. The molecule has 0 spiro atoms. The van der Waals surface area contributed by atoms with Crippen LogP contribution in [-0.2, 0) is 11.2 Å². The van der Waals surface area contributed by atoms with Crippen molar-refractivity contribution in [2.75, 3.05) is 12.4 Å². The van der Waals surface area contributed by atoms with Crippen LogP contribution in [0.1, 0.15) is 22.8 Å². The number of carbonyl (C=O) groups is 1. The summed E-state index contributed by atoms with van der Waals surface area (Å²) < 4.78 is 5.27. The number of aliphatic hydroxyl groups excluding tert-OH is 1. The minimum Gasteiger partial charge on any atom is -0.496 e. The van der Waals surface area contributed by atoms with E-state index < -0.39 is 6.10 Å². The molecule has 108 valence electrons. The van der Waals surface area contributed by atoms with Gasteiger partial charge in [0.05, 0.1) is 13.5 Å². The average Bonchev–Trinajstić information content (AvgIpc) is 2.85. The van der Waals surface area contributed by atoms with Crippen LogP contribution < -0.4 is 10.1 Å². The highest BCUT2D eigenvalue weighted by atomic mass is 35.5. The zero-order valence-corrected chi connectivity index (χ0v) is 12.1. The summed E-state index contributed by atoms with van der Waals surface area (Å²) in [5.74, 6) is 0.505. The fourth-order valence-electron chi connectivity index (χ4n) is 2.51. The van der Waals surface area contributed by atoms with E-state index in [0.717, 1.165) is 11.3 Å². The number of nitrogens with one attached hydrogen (secondary N) is 1. The molecule has 1 aliphatic heterocycles. The second-order valence-corrected chi connectivity index (χ2v) is 5.37. The van der Waals surface area contributed by atoms with E-state index in [1.54, 1.807) is 30.3 Å². The number of anilines is 1. The van der Waals surface area contributed by atoms with Crippen LogP contribution in [0.5, 0.6) is 5.75 Å². The van der Waals surface area contributed by atoms with Crippen LogP contribution in [-0.4, -0.2) is 18.1 Å². The van der Waals surface area contributed by atoms with Gasteiger partial charge in [-0.25, -0.2) is 0 Å². The zero-order chi connectivity index (χ0) is 15.0. The lowest BCUT2D eigenvalue weighted by atomic mass is 9.98. The molecule has 4 nitrogen and oxygen atoms in total. The number of amides is 1. The van der Waals surface area contributed by atoms with Gasteiger partial charge in [-0.2, -0.15) is 0 Å². The quantitative estimate of drug-likeness (QED) is 0.916. The Kier molecular flexibility index (Phi) is 3.57. The van der Waals surface area contributed by atoms with Crippen molar-refractivity contribution in [2.45, 2.75) is 12.5 Å². The maximum Gasteiger partial charge on any atom is 0.228 e. The average molecular weight is 304 g/mol. The first-order valence-corrected chi connectivity index (χ1v) is 6.90. The number of aliphatic hydroxyl groups is 1. The molecule has 0 radical (unpaired) electrons. The molecule has 0 aromatic heterocycles. The Balaban J connectivity index is 1.98. The summed E-state index contributed by atoms with van der Waals surface area (Å²) in [6.45, 7) is 0. The van der Waals surface area contributed by atoms with E-state index in [-0.39, 0.29) is 5.91 Å². The molecule has 0 saturated carbocycles. The van der Waals surface area contributed by atoms with Gasteiger partial charge in [0.25, 0.3) is 0 Å². The maximum absolute atomic E-state index is 11.4. The molecule has 5 heteroatoms. The molecule has 0 aliphatic carbocycles. The molecule has 1 atom stereocenters. The first-order valence-electron chi connectivity index (χ1n) is 6.52. The molecule has 1 amide bonds. The van der Waals surface area contributed by atoms with Gasteiger partial charge in [0.1, 0.15) is 11.9 Å². The number of rotatable bonds is 3. The van der Waals surface area contributed by atoms with Crippen molar-refractivity contribution >= 4 is 23.2 Å². The molecule has 21 heavy (non-hydrogen) atoms. The topological polar surface area (TPSA) is 58.6 Å². The predicted octanol–water partition coefficient (Wildman–Crippen LogP) is 2.92. The molecule has 0 fully saturated rings. The highest BCUT2D eigenvalue weighted by molar-refractivity contribution is 6.30. The Labute approximate surface area is 127 Å². The van der Waals surface area contributed by atoms with Gasteiger partial charge in [-0.1, -0.05) is 29.8 Å².